The largest absolute Gasteiger partial charge is 0.508 e. The third-order valence-electron chi connectivity index (χ3n) is 4.06. The molecular weight excluding hydrogens is 374 g/mol. The van der Waals surface area contributed by atoms with Crippen LogP contribution in [0.5, 0.6) is 11.5 Å². The van der Waals surface area contributed by atoms with Crippen molar-refractivity contribution < 1.29 is 14.4 Å². The molecule has 0 spiro atoms. The molecule has 0 aliphatic heterocycles. The molecule has 28 heavy (non-hydrogen) atoms. The number of phenols is 1. The number of aromatic nitrogens is 3. The number of aryl methyl sites for hydroxylation is 1. The summed E-state index contributed by atoms with van der Waals surface area (Å²) < 4.78 is 10.8. The molecule has 2 aromatic heterocycles. The Morgan fingerprint density at radius 2 is 1.82 bits per heavy atom. The lowest BCUT2D eigenvalue weighted by Gasteiger charge is -2.02. The first kappa shape index (κ1) is 17.9. The van der Waals surface area contributed by atoms with E-state index in [1.54, 1.807) is 31.4 Å². The highest BCUT2D eigenvalue weighted by Crippen LogP contribution is 2.30. The van der Waals surface area contributed by atoms with E-state index < -0.39 is 0 Å². The molecular formula is C21H17N3O3S. The number of rotatable bonds is 5. The predicted molar refractivity (Wildman–Crippen MR) is 108 cm³/mol. The maximum atomic E-state index is 9.46. The minimum atomic E-state index is 0.186. The Balaban J connectivity index is 1.75. The van der Waals surface area contributed by atoms with Gasteiger partial charge in [-0.2, -0.15) is 4.98 Å². The Labute approximate surface area is 165 Å². The van der Waals surface area contributed by atoms with E-state index in [9.17, 15) is 5.11 Å². The Kier molecular flexibility index (Phi) is 4.90. The zero-order valence-electron chi connectivity index (χ0n) is 15.3. The number of nitrogens with zero attached hydrogens (tertiary/aromatic N) is 3. The van der Waals surface area contributed by atoms with Gasteiger partial charge in [-0.3, -0.25) is 0 Å². The summed E-state index contributed by atoms with van der Waals surface area (Å²) in [6, 6.07) is 14.4. The first-order valence-electron chi connectivity index (χ1n) is 8.54. The Bertz CT molecular complexity index is 1110. The van der Waals surface area contributed by atoms with Crippen molar-refractivity contribution in [3.63, 3.8) is 0 Å². The van der Waals surface area contributed by atoms with Gasteiger partial charge < -0.3 is 14.4 Å². The van der Waals surface area contributed by atoms with Gasteiger partial charge in [-0.25, -0.2) is 4.98 Å². The minimum absolute atomic E-state index is 0.186. The van der Waals surface area contributed by atoms with Gasteiger partial charge in [-0.05, 0) is 55.0 Å². The monoisotopic (exact) mass is 391 g/mol. The number of ether oxygens (including phenoxy) is 1. The molecule has 4 aromatic rings. The average Bonchev–Trinajstić information content (AvgIpc) is 3.37. The maximum absolute atomic E-state index is 9.46. The molecule has 0 bridgehead atoms. The van der Waals surface area contributed by atoms with E-state index in [0.717, 1.165) is 33.2 Å². The van der Waals surface area contributed by atoms with Crippen molar-refractivity contribution in [2.45, 2.75) is 6.92 Å². The molecule has 0 radical (unpaired) electrons. The lowest BCUT2D eigenvalue weighted by molar-refractivity contribution is 0.409. The standard InChI is InChI=1S/C21H17N3O3S/c1-13-12-28-21(22-13)18(11-14-3-9-17(26-2)10-4-14)20-23-19(24-27-20)15-5-7-16(25)8-6-15/h3-12,25H,1-2H3/b18-11+. The van der Waals surface area contributed by atoms with Crippen molar-refractivity contribution in [1.29, 1.82) is 0 Å². The molecule has 0 saturated carbocycles. The fraction of sp³-hybridized carbons (Fsp3) is 0.0952. The summed E-state index contributed by atoms with van der Waals surface area (Å²) in [7, 11) is 1.64. The van der Waals surface area contributed by atoms with Gasteiger partial charge >= 0.3 is 0 Å². The van der Waals surface area contributed by atoms with Crippen LogP contribution in [0.15, 0.2) is 58.4 Å². The number of thiazole rings is 1. The molecule has 0 atom stereocenters. The van der Waals surface area contributed by atoms with Gasteiger partial charge in [-0.15, -0.1) is 11.3 Å². The van der Waals surface area contributed by atoms with E-state index in [-0.39, 0.29) is 5.75 Å². The number of phenolic OH excluding ortho intramolecular Hbond substituents is 1. The summed E-state index contributed by atoms with van der Waals surface area (Å²) in [5, 5.41) is 16.3. The fourth-order valence-electron chi connectivity index (χ4n) is 2.62. The quantitative estimate of drug-likeness (QED) is 0.526. The summed E-state index contributed by atoms with van der Waals surface area (Å²) in [6.07, 6.45) is 1.96. The van der Waals surface area contributed by atoms with Gasteiger partial charge in [0.25, 0.3) is 5.89 Å². The van der Waals surface area contributed by atoms with Crippen LogP contribution >= 0.6 is 11.3 Å². The molecule has 0 saturated heterocycles. The minimum Gasteiger partial charge on any atom is -0.508 e. The van der Waals surface area contributed by atoms with Crippen LogP contribution in [0, 0.1) is 6.92 Å². The van der Waals surface area contributed by atoms with Gasteiger partial charge in [-0.1, -0.05) is 17.3 Å². The molecule has 4 rings (SSSR count). The molecule has 0 amide bonds. The topological polar surface area (TPSA) is 81.3 Å². The molecule has 2 heterocycles. The highest BCUT2D eigenvalue weighted by molar-refractivity contribution is 7.11. The first-order chi connectivity index (χ1) is 13.6. The lowest BCUT2D eigenvalue weighted by atomic mass is 10.1. The molecule has 0 fully saturated rings. The van der Waals surface area contributed by atoms with Crippen LogP contribution in [0.2, 0.25) is 0 Å². The summed E-state index contributed by atoms with van der Waals surface area (Å²) in [4.78, 5) is 9.12. The Morgan fingerprint density at radius 3 is 2.46 bits per heavy atom. The van der Waals surface area contributed by atoms with Crippen molar-refractivity contribution in [1.82, 2.24) is 15.1 Å². The van der Waals surface area contributed by atoms with E-state index in [1.165, 1.54) is 11.3 Å². The molecule has 2 aromatic carbocycles. The molecule has 0 unspecified atom stereocenters. The second-order valence-electron chi connectivity index (χ2n) is 6.10. The van der Waals surface area contributed by atoms with Gasteiger partial charge in [0.15, 0.2) is 0 Å². The van der Waals surface area contributed by atoms with E-state index >= 15 is 0 Å². The van der Waals surface area contributed by atoms with Crippen molar-refractivity contribution in [3.05, 3.63) is 76.1 Å². The van der Waals surface area contributed by atoms with Crippen LogP contribution in [0.25, 0.3) is 23.0 Å². The Morgan fingerprint density at radius 1 is 1.07 bits per heavy atom. The molecule has 7 heteroatoms. The SMILES string of the molecule is COc1ccc(/C=C(\c2nc(-c3ccc(O)cc3)no2)c2nc(C)cs2)cc1. The van der Waals surface area contributed by atoms with Crippen LogP contribution in [0.3, 0.4) is 0 Å². The van der Waals surface area contributed by atoms with E-state index in [1.807, 2.05) is 42.6 Å². The van der Waals surface area contributed by atoms with Crippen molar-refractivity contribution in [2.75, 3.05) is 7.11 Å². The zero-order valence-corrected chi connectivity index (χ0v) is 16.1. The number of benzene rings is 2. The number of aromatic hydroxyl groups is 1. The van der Waals surface area contributed by atoms with E-state index in [0.29, 0.717) is 11.7 Å². The maximum Gasteiger partial charge on any atom is 0.261 e. The molecule has 6 nitrogen and oxygen atoms in total. The molecule has 0 aliphatic rings. The second-order valence-corrected chi connectivity index (χ2v) is 6.95. The summed E-state index contributed by atoms with van der Waals surface area (Å²) >= 11 is 1.52. The van der Waals surface area contributed by atoms with Gasteiger partial charge in [0.1, 0.15) is 16.5 Å². The third kappa shape index (κ3) is 3.79. The van der Waals surface area contributed by atoms with Crippen LogP contribution in [0.4, 0.5) is 0 Å². The summed E-state index contributed by atoms with van der Waals surface area (Å²) in [5.74, 6) is 1.80. The number of hydrogen-bond acceptors (Lipinski definition) is 7. The van der Waals surface area contributed by atoms with Gasteiger partial charge in [0, 0.05) is 16.6 Å². The van der Waals surface area contributed by atoms with Crippen molar-refractivity contribution >= 4 is 23.0 Å². The number of hydrogen-bond donors (Lipinski definition) is 1. The smallest absolute Gasteiger partial charge is 0.261 e. The molecule has 0 aliphatic carbocycles. The number of methoxy groups -OCH3 is 1. The normalized spacial score (nSPS) is 11.6. The van der Waals surface area contributed by atoms with Crippen LogP contribution in [-0.2, 0) is 0 Å². The van der Waals surface area contributed by atoms with Gasteiger partial charge in [0.2, 0.25) is 5.82 Å². The second kappa shape index (κ2) is 7.66. The first-order valence-corrected chi connectivity index (χ1v) is 9.42. The van der Waals surface area contributed by atoms with Crippen LogP contribution in [-0.4, -0.2) is 27.3 Å². The molecule has 1 N–H and O–H groups in total. The average molecular weight is 391 g/mol. The van der Waals surface area contributed by atoms with Crippen molar-refractivity contribution in [2.24, 2.45) is 0 Å². The summed E-state index contributed by atoms with van der Waals surface area (Å²) in [5.41, 5.74) is 3.40. The fourth-order valence-corrected chi connectivity index (χ4v) is 3.42. The van der Waals surface area contributed by atoms with E-state index in [4.69, 9.17) is 9.26 Å². The van der Waals surface area contributed by atoms with Crippen LogP contribution < -0.4 is 4.74 Å². The van der Waals surface area contributed by atoms with Crippen molar-refractivity contribution in [3.8, 4) is 22.9 Å². The zero-order chi connectivity index (χ0) is 19.5. The van der Waals surface area contributed by atoms with Crippen LogP contribution in [0.1, 0.15) is 22.2 Å². The summed E-state index contributed by atoms with van der Waals surface area (Å²) in [6.45, 7) is 1.95. The van der Waals surface area contributed by atoms with E-state index in [2.05, 4.69) is 15.1 Å². The lowest BCUT2D eigenvalue weighted by Crippen LogP contribution is -1.90. The third-order valence-corrected chi connectivity index (χ3v) is 5.05. The Hall–Kier alpha value is -3.45. The predicted octanol–water partition coefficient (Wildman–Crippen LogP) is 4.80. The van der Waals surface area contributed by atoms with Gasteiger partial charge in [0.05, 0.1) is 12.7 Å². The highest BCUT2D eigenvalue weighted by atomic mass is 32.1. The highest BCUT2D eigenvalue weighted by Gasteiger charge is 2.17. The molecule has 140 valence electrons.